The summed E-state index contributed by atoms with van der Waals surface area (Å²) in [6.45, 7) is 4.86. The minimum absolute atomic E-state index is 0.125. The Hall–Kier alpha value is -0.120. The molecule has 3 nitrogen and oxygen atoms in total. The van der Waals surface area contributed by atoms with Crippen LogP contribution in [0.2, 0.25) is 0 Å². The molecule has 0 aromatic rings. The molecule has 3 heteroatoms. The molecule has 94 valence electrons. The third-order valence-electron chi connectivity index (χ3n) is 4.35. The van der Waals surface area contributed by atoms with Gasteiger partial charge in [0.2, 0.25) is 0 Å². The van der Waals surface area contributed by atoms with Gasteiger partial charge in [-0.1, -0.05) is 19.8 Å². The molecule has 2 N–H and O–H groups in total. The predicted octanol–water partition coefficient (Wildman–Crippen LogP) is 1.38. The highest BCUT2D eigenvalue weighted by molar-refractivity contribution is 4.90. The van der Waals surface area contributed by atoms with Crippen LogP contribution in [0.5, 0.6) is 0 Å². The third kappa shape index (κ3) is 2.76. The zero-order chi connectivity index (χ0) is 11.6. The third-order valence-corrected chi connectivity index (χ3v) is 4.35. The van der Waals surface area contributed by atoms with Crippen LogP contribution in [-0.2, 0) is 0 Å². The Balaban J connectivity index is 1.86. The number of β-amino-alcohol motifs (C(OH)–C–C–N with tert-alkyl or cyclic N) is 1. The fraction of sp³-hybridized carbons (Fsp3) is 1.00. The van der Waals surface area contributed by atoms with E-state index in [0.717, 1.165) is 45.3 Å². The zero-order valence-electron chi connectivity index (χ0n) is 10.4. The number of nitrogens with zero attached hydrogens (tertiary/aromatic N) is 1. The summed E-state index contributed by atoms with van der Waals surface area (Å²) in [5, 5.41) is 20.2. The van der Waals surface area contributed by atoms with Crippen molar-refractivity contribution in [3.05, 3.63) is 0 Å². The summed E-state index contributed by atoms with van der Waals surface area (Å²) in [6, 6.07) is 0. The molecule has 0 aromatic heterocycles. The van der Waals surface area contributed by atoms with Crippen LogP contribution in [0.4, 0.5) is 0 Å². The van der Waals surface area contributed by atoms with E-state index in [1.807, 2.05) is 0 Å². The van der Waals surface area contributed by atoms with E-state index in [1.54, 1.807) is 0 Å². The number of hydrogen-bond acceptors (Lipinski definition) is 3. The molecule has 1 saturated carbocycles. The monoisotopic (exact) mass is 227 g/mol. The number of aliphatic hydroxyl groups excluding tert-OH is 1. The molecule has 2 unspecified atom stereocenters. The van der Waals surface area contributed by atoms with Crippen molar-refractivity contribution in [3.8, 4) is 0 Å². The summed E-state index contributed by atoms with van der Waals surface area (Å²) in [5.74, 6) is 0.402. The minimum atomic E-state index is -0.430. The van der Waals surface area contributed by atoms with Gasteiger partial charge in [0.05, 0.1) is 11.7 Å². The van der Waals surface area contributed by atoms with Crippen molar-refractivity contribution in [3.63, 3.8) is 0 Å². The lowest BCUT2D eigenvalue weighted by Crippen LogP contribution is -2.49. The van der Waals surface area contributed by atoms with E-state index in [1.165, 1.54) is 12.8 Å². The molecular weight excluding hydrogens is 202 g/mol. The molecule has 1 saturated heterocycles. The Morgan fingerprint density at radius 1 is 1.31 bits per heavy atom. The molecule has 1 aliphatic carbocycles. The highest BCUT2D eigenvalue weighted by Crippen LogP contribution is 2.31. The molecule has 0 bridgehead atoms. The van der Waals surface area contributed by atoms with Gasteiger partial charge in [0.15, 0.2) is 0 Å². The summed E-state index contributed by atoms with van der Waals surface area (Å²) < 4.78 is 0. The molecule has 2 atom stereocenters. The number of likely N-dealkylation sites (tertiary alicyclic amines) is 1. The number of rotatable bonds is 3. The van der Waals surface area contributed by atoms with Gasteiger partial charge in [0, 0.05) is 19.6 Å². The smallest absolute Gasteiger partial charge is 0.0774 e. The Labute approximate surface area is 98.5 Å². The van der Waals surface area contributed by atoms with E-state index < -0.39 is 5.60 Å². The van der Waals surface area contributed by atoms with Crippen LogP contribution >= 0.6 is 0 Å². The van der Waals surface area contributed by atoms with Crippen molar-refractivity contribution in [2.75, 3.05) is 19.6 Å². The summed E-state index contributed by atoms with van der Waals surface area (Å²) in [7, 11) is 0. The van der Waals surface area contributed by atoms with Crippen LogP contribution in [0.1, 0.15) is 45.4 Å². The topological polar surface area (TPSA) is 43.7 Å². The van der Waals surface area contributed by atoms with Gasteiger partial charge in [-0.15, -0.1) is 0 Å². The van der Waals surface area contributed by atoms with Gasteiger partial charge in [-0.25, -0.2) is 0 Å². The van der Waals surface area contributed by atoms with Gasteiger partial charge in [0.1, 0.15) is 0 Å². The van der Waals surface area contributed by atoms with E-state index in [4.69, 9.17) is 0 Å². The maximum atomic E-state index is 10.4. The first-order valence-electron chi connectivity index (χ1n) is 6.76. The highest BCUT2D eigenvalue weighted by atomic mass is 16.3. The van der Waals surface area contributed by atoms with Crippen molar-refractivity contribution in [2.24, 2.45) is 5.92 Å². The maximum Gasteiger partial charge on any atom is 0.0774 e. The summed E-state index contributed by atoms with van der Waals surface area (Å²) >= 11 is 0. The highest BCUT2D eigenvalue weighted by Gasteiger charge is 2.35. The molecule has 0 radical (unpaired) electrons. The maximum absolute atomic E-state index is 10.4. The van der Waals surface area contributed by atoms with E-state index in [9.17, 15) is 10.2 Å². The Kier molecular flexibility index (Phi) is 3.88. The molecule has 2 rings (SSSR count). The van der Waals surface area contributed by atoms with Gasteiger partial charge >= 0.3 is 0 Å². The van der Waals surface area contributed by atoms with Crippen LogP contribution in [0.15, 0.2) is 0 Å². The number of piperidine rings is 1. The predicted molar refractivity (Wildman–Crippen MR) is 64.3 cm³/mol. The molecule has 0 spiro atoms. The van der Waals surface area contributed by atoms with Gasteiger partial charge in [0.25, 0.3) is 0 Å². The first-order chi connectivity index (χ1) is 7.63. The summed E-state index contributed by atoms with van der Waals surface area (Å²) in [4.78, 5) is 2.35. The lowest BCUT2D eigenvalue weighted by molar-refractivity contribution is -0.0304. The van der Waals surface area contributed by atoms with Crippen molar-refractivity contribution in [1.82, 2.24) is 4.90 Å². The number of hydrogen-bond donors (Lipinski definition) is 2. The first kappa shape index (κ1) is 12.3. The van der Waals surface area contributed by atoms with Gasteiger partial charge in [-0.2, -0.15) is 0 Å². The fourth-order valence-corrected chi connectivity index (χ4v) is 3.25. The van der Waals surface area contributed by atoms with E-state index >= 15 is 0 Å². The number of aliphatic hydroxyl groups is 2. The van der Waals surface area contributed by atoms with Crippen LogP contribution in [0.25, 0.3) is 0 Å². The second-order valence-electron chi connectivity index (χ2n) is 5.69. The van der Waals surface area contributed by atoms with Crippen LogP contribution in [-0.4, -0.2) is 46.5 Å². The van der Waals surface area contributed by atoms with Crippen molar-refractivity contribution in [1.29, 1.82) is 0 Å². The van der Waals surface area contributed by atoms with Gasteiger partial charge in [-0.3, -0.25) is 0 Å². The average Bonchev–Trinajstić information content (AvgIpc) is 2.68. The quantitative estimate of drug-likeness (QED) is 0.765. The van der Waals surface area contributed by atoms with Gasteiger partial charge < -0.3 is 15.1 Å². The first-order valence-corrected chi connectivity index (χ1v) is 6.76. The summed E-state index contributed by atoms with van der Waals surface area (Å²) in [5.41, 5.74) is -0.430. The largest absolute Gasteiger partial charge is 0.393 e. The van der Waals surface area contributed by atoms with Crippen LogP contribution in [0, 0.1) is 5.92 Å². The van der Waals surface area contributed by atoms with E-state index in [0.29, 0.717) is 5.92 Å². The normalized spacial score (nSPS) is 35.4. The zero-order valence-corrected chi connectivity index (χ0v) is 10.4. The minimum Gasteiger partial charge on any atom is -0.393 e. The van der Waals surface area contributed by atoms with Crippen molar-refractivity contribution in [2.45, 2.75) is 57.2 Å². The molecule has 1 heterocycles. The van der Waals surface area contributed by atoms with Gasteiger partial charge in [-0.05, 0) is 31.6 Å². The van der Waals surface area contributed by atoms with E-state index in [-0.39, 0.29) is 6.10 Å². The SMILES string of the molecule is CCC1CN(CC2(O)CCCC2)CCC1O. The Morgan fingerprint density at radius 3 is 2.62 bits per heavy atom. The molecule has 2 aliphatic rings. The second-order valence-corrected chi connectivity index (χ2v) is 5.69. The molecular formula is C13H25NO2. The molecule has 2 fully saturated rings. The lowest BCUT2D eigenvalue weighted by Gasteiger charge is -2.39. The van der Waals surface area contributed by atoms with Crippen LogP contribution < -0.4 is 0 Å². The molecule has 1 aliphatic heterocycles. The molecule has 16 heavy (non-hydrogen) atoms. The van der Waals surface area contributed by atoms with Crippen LogP contribution in [0.3, 0.4) is 0 Å². The molecule has 0 aromatic carbocycles. The average molecular weight is 227 g/mol. The van der Waals surface area contributed by atoms with Crippen molar-refractivity contribution >= 4 is 0 Å². The standard InChI is InChI=1S/C13H25NO2/c1-2-11-9-14(8-5-12(11)15)10-13(16)6-3-4-7-13/h11-12,15-16H,2-10H2,1H3. The molecule has 0 amide bonds. The summed E-state index contributed by atoms with van der Waals surface area (Å²) in [6.07, 6.45) is 6.05. The lowest BCUT2D eigenvalue weighted by atomic mass is 9.91. The van der Waals surface area contributed by atoms with Crippen molar-refractivity contribution < 1.29 is 10.2 Å². The second kappa shape index (κ2) is 5.03. The van der Waals surface area contributed by atoms with E-state index in [2.05, 4.69) is 11.8 Å². The Morgan fingerprint density at radius 2 is 2.00 bits per heavy atom. The fourth-order valence-electron chi connectivity index (χ4n) is 3.25. The Bertz CT molecular complexity index is 226.